The van der Waals surface area contributed by atoms with E-state index in [0.717, 1.165) is 29.5 Å². The molecule has 1 aromatic heterocycles. The number of carbonyl (C=O) groups excluding carboxylic acids is 2. The fourth-order valence-corrected chi connectivity index (χ4v) is 5.66. The average molecular weight is 435 g/mol. The number of halogens is 1. The molecule has 3 unspecified atom stereocenters. The maximum Gasteiger partial charge on any atom is 0.264 e. The van der Waals surface area contributed by atoms with E-state index in [1.807, 2.05) is 13.0 Å². The quantitative estimate of drug-likeness (QED) is 0.748. The van der Waals surface area contributed by atoms with E-state index in [1.54, 1.807) is 13.1 Å². The Balaban J connectivity index is 1.84. The molecule has 1 aliphatic rings. The van der Waals surface area contributed by atoms with Gasteiger partial charge in [-0.05, 0) is 47.3 Å². The predicted molar refractivity (Wildman–Crippen MR) is 102 cm³/mol. The molecule has 24 heavy (non-hydrogen) atoms. The van der Waals surface area contributed by atoms with Gasteiger partial charge in [-0.3, -0.25) is 13.8 Å². The van der Waals surface area contributed by atoms with Crippen molar-refractivity contribution in [2.75, 3.05) is 19.3 Å². The average Bonchev–Trinajstić information content (AvgIpc) is 2.99. The Kier molecular flexibility index (Phi) is 7.43. The molecule has 2 amide bonds. The molecule has 1 heterocycles. The van der Waals surface area contributed by atoms with Gasteiger partial charge in [0.2, 0.25) is 5.91 Å². The van der Waals surface area contributed by atoms with E-state index in [2.05, 4.69) is 21.2 Å². The molecule has 1 saturated carbocycles. The lowest BCUT2D eigenvalue weighted by molar-refractivity contribution is -0.122. The highest BCUT2D eigenvalue weighted by Gasteiger charge is 2.27. The highest BCUT2D eigenvalue weighted by Crippen LogP contribution is 2.24. The van der Waals surface area contributed by atoms with E-state index in [9.17, 15) is 13.8 Å². The molecule has 134 valence electrons. The van der Waals surface area contributed by atoms with Crippen molar-refractivity contribution in [3.63, 3.8) is 0 Å². The molecule has 5 nitrogen and oxygen atoms in total. The minimum atomic E-state index is -0.809. The van der Waals surface area contributed by atoms with Crippen LogP contribution in [0.4, 0.5) is 0 Å². The second-order valence-electron chi connectivity index (χ2n) is 5.99. The van der Waals surface area contributed by atoms with Crippen LogP contribution in [0.25, 0.3) is 0 Å². The SMILES string of the molecule is CCS(=O)C1CCCC(NC(=O)CN(C)C(=O)c2ccc(Br)s2)C1. The highest BCUT2D eigenvalue weighted by molar-refractivity contribution is 9.11. The zero-order valence-corrected chi connectivity index (χ0v) is 17.1. The van der Waals surface area contributed by atoms with Crippen LogP contribution in [0.5, 0.6) is 0 Å². The van der Waals surface area contributed by atoms with Crippen LogP contribution in [-0.2, 0) is 15.6 Å². The summed E-state index contributed by atoms with van der Waals surface area (Å²) in [6.07, 6.45) is 3.64. The van der Waals surface area contributed by atoms with Crippen molar-refractivity contribution >= 4 is 49.9 Å². The number of rotatable bonds is 6. The van der Waals surface area contributed by atoms with E-state index >= 15 is 0 Å². The lowest BCUT2D eigenvalue weighted by atomic mass is 9.95. The number of thiophene rings is 1. The number of amides is 2. The molecule has 1 aliphatic carbocycles. The first-order valence-corrected chi connectivity index (χ1v) is 11.1. The van der Waals surface area contributed by atoms with Crippen molar-refractivity contribution in [3.05, 3.63) is 20.8 Å². The van der Waals surface area contributed by atoms with Gasteiger partial charge in [0.05, 0.1) is 15.2 Å². The van der Waals surface area contributed by atoms with Crippen LogP contribution >= 0.6 is 27.3 Å². The molecule has 8 heteroatoms. The number of hydrogen-bond donors (Lipinski definition) is 1. The summed E-state index contributed by atoms with van der Waals surface area (Å²) in [4.78, 5) is 26.5. The fourth-order valence-electron chi connectivity index (χ4n) is 2.93. The number of likely N-dealkylation sites (N-methyl/N-ethyl adjacent to an activating group) is 1. The molecule has 2 rings (SSSR count). The third-order valence-corrected chi connectivity index (χ3v) is 7.51. The Morgan fingerprint density at radius 2 is 2.17 bits per heavy atom. The van der Waals surface area contributed by atoms with Gasteiger partial charge in [0.15, 0.2) is 0 Å². The maximum atomic E-state index is 12.3. The Hall–Kier alpha value is -0.730. The molecule has 0 aliphatic heterocycles. The number of carbonyl (C=O) groups is 2. The summed E-state index contributed by atoms with van der Waals surface area (Å²) >= 11 is 4.69. The van der Waals surface area contributed by atoms with Crippen LogP contribution < -0.4 is 5.32 Å². The van der Waals surface area contributed by atoms with Gasteiger partial charge in [-0.25, -0.2) is 0 Å². The molecular formula is C16H23BrN2O3S2. The van der Waals surface area contributed by atoms with Crippen molar-refractivity contribution in [3.8, 4) is 0 Å². The van der Waals surface area contributed by atoms with Crippen LogP contribution in [-0.4, -0.2) is 51.6 Å². The monoisotopic (exact) mass is 434 g/mol. The third kappa shape index (κ3) is 5.39. The van der Waals surface area contributed by atoms with Crippen molar-refractivity contribution in [2.24, 2.45) is 0 Å². The van der Waals surface area contributed by atoms with Crippen molar-refractivity contribution in [1.82, 2.24) is 10.2 Å². The molecule has 0 saturated heterocycles. The first kappa shape index (κ1) is 19.6. The molecule has 0 spiro atoms. The lowest BCUT2D eigenvalue weighted by Gasteiger charge is -2.29. The van der Waals surface area contributed by atoms with Crippen molar-refractivity contribution in [2.45, 2.75) is 43.9 Å². The second-order valence-corrected chi connectivity index (χ2v) is 10.5. The molecule has 0 radical (unpaired) electrons. The summed E-state index contributed by atoms with van der Waals surface area (Å²) in [6, 6.07) is 3.63. The normalized spacial score (nSPS) is 22.0. The van der Waals surface area contributed by atoms with Crippen LogP contribution in [0.1, 0.15) is 42.3 Å². The van der Waals surface area contributed by atoms with Crippen molar-refractivity contribution in [1.29, 1.82) is 0 Å². The van der Waals surface area contributed by atoms with Crippen LogP contribution in [0.15, 0.2) is 15.9 Å². The number of hydrogen-bond acceptors (Lipinski definition) is 4. The van der Waals surface area contributed by atoms with Gasteiger partial charge in [-0.15, -0.1) is 11.3 Å². The molecule has 1 N–H and O–H groups in total. The largest absolute Gasteiger partial charge is 0.352 e. The van der Waals surface area contributed by atoms with E-state index in [4.69, 9.17) is 0 Å². The fraction of sp³-hybridized carbons (Fsp3) is 0.625. The van der Waals surface area contributed by atoms with Gasteiger partial charge in [0.1, 0.15) is 0 Å². The number of nitrogens with one attached hydrogen (secondary N) is 1. The van der Waals surface area contributed by atoms with Gasteiger partial charge in [-0.2, -0.15) is 0 Å². The van der Waals surface area contributed by atoms with Crippen molar-refractivity contribution < 1.29 is 13.8 Å². The Labute approximate surface area is 157 Å². The summed E-state index contributed by atoms with van der Waals surface area (Å²) in [5.74, 6) is 0.350. The van der Waals surface area contributed by atoms with Gasteiger partial charge >= 0.3 is 0 Å². The minimum absolute atomic E-state index is 0.0341. The predicted octanol–water partition coefficient (Wildman–Crippen LogP) is 2.78. The smallest absolute Gasteiger partial charge is 0.264 e. The topological polar surface area (TPSA) is 66.5 Å². The van der Waals surface area contributed by atoms with E-state index in [-0.39, 0.29) is 29.7 Å². The Morgan fingerprint density at radius 1 is 1.42 bits per heavy atom. The zero-order chi connectivity index (χ0) is 17.7. The number of nitrogens with zero attached hydrogens (tertiary/aromatic N) is 1. The molecule has 1 fully saturated rings. The molecular weight excluding hydrogens is 412 g/mol. The molecule has 1 aromatic rings. The first-order valence-electron chi connectivity index (χ1n) is 8.08. The molecule has 0 bridgehead atoms. The van der Waals surface area contributed by atoms with Crippen LogP contribution in [0.2, 0.25) is 0 Å². The van der Waals surface area contributed by atoms with Gasteiger partial charge in [0, 0.05) is 34.9 Å². The standard InChI is InChI=1S/C16H23BrN2O3S2/c1-3-24(22)12-6-4-5-11(9-12)18-15(20)10-19(2)16(21)13-7-8-14(17)23-13/h7-8,11-12H,3-6,9-10H2,1-2H3,(H,18,20). The summed E-state index contributed by atoms with van der Waals surface area (Å²) < 4.78 is 12.9. The summed E-state index contributed by atoms with van der Waals surface area (Å²) in [6.45, 7) is 1.97. The van der Waals surface area contributed by atoms with Crippen LogP contribution in [0, 0.1) is 0 Å². The first-order chi connectivity index (χ1) is 11.4. The summed E-state index contributed by atoms with van der Waals surface area (Å²) in [5.41, 5.74) is 0. The summed E-state index contributed by atoms with van der Waals surface area (Å²) in [7, 11) is 0.822. The third-order valence-electron chi connectivity index (χ3n) is 4.16. The minimum Gasteiger partial charge on any atom is -0.352 e. The maximum absolute atomic E-state index is 12.3. The Bertz CT molecular complexity index is 620. The molecule has 3 atom stereocenters. The lowest BCUT2D eigenvalue weighted by Crippen LogP contribution is -2.45. The van der Waals surface area contributed by atoms with Gasteiger partial charge < -0.3 is 10.2 Å². The Morgan fingerprint density at radius 3 is 2.79 bits per heavy atom. The van der Waals surface area contributed by atoms with Gasteiger partial charge in [-0.1, -0.05) is 13.3 Å². The van der Waals surface area contributed by atoms with E-state index in [0.29, 0.717) is 10.6 Å². The van der Waals surface area contributed by atoms with Gasteiger partial charge in [0.25, 0.3) is 5.91 Å². The molecule has 0 aromatic carbocycles. The van der Waals surface area contributed by atoms with Crippen LogP contribution in [0.3, 0.4) is 0 Å². The summed E-state index contributed by atoms with van der Waals surface area (Å²) in [5, 5.41) is 3.17. The zero-order valence-electron chi connectivity index (χ0n) is 13.9. The highest BCUT2D eigenvalue weighted by atomic mass is 79.9. The second kappa shape index (κ2) is 9.10. The van der Waals surface area contributed by atoms with E-state index < -0.39 is 10.8 Å². The van der Waals surface area contributed by atoms with E-state index in [1.165, 1.54) is 16.2 Å².